The number of ether oxygens (including phenoxy) is 1. The van der Waals surface area contributed by atoms with Crippen LogP contribution in [0.3, 0.4) is 0 Å². The molecular weight excluding hydrogens is 342 g/mol. The summed E-state index contributed by atoms with van der Waals surface area (Å²) in [6.45, 7) is 0. The summed E-state index contributed by atoms with van der Waals surface area (Å²) in [5, 5.41) is 0. The molecule has 4 atom stereocenters. The third kappa shape index (κ3) is 2.25. The molecule has 0 spiro atoms. The summed E-state index contributed by atoms with van der Waals surface area (Å²) in [7, 11) is 0. The van der Waals surface area contributed by atoms with Gasteiger partial charge in [-0.05, 0) is 12.1 Å². The first-order valence-electron chi connectivity index (χ1n) is 8.99. The fourth-order valence-corrected chi connectivity index (χ4v) is 4.51. The Labute approximate surface area is 156 Å². The third-order valence-electron chi connectivity index (χ3n) is 5.70. The van der Waals surface area contributed by atoms with Crippen LogP contribution in [-0.4, -0.2) is 29.3 Å². The number of carbonyl (C=O) groups is 3. The lowest BCUT2D eigenvalue weighted by Gasteiger charge is -2.28. The fourth-order valence-electron chi connectivity index (χ4n) is 4.51. The molecule has 5 rings (SSSR count). The van der Waals surface area contributed by atoms with Gasteiger partial charge >= 0.3 is 0 Å². The van der Waals surface area contributed by atoms with Crippen molar-refractivity contribution >= 4 is 23.3 Å². The van der Waals surface area contributed by atoms with Crippen LogP contribution in [0.25, 0.3) is 0 Å². The average molecular weight is 359 g/mol. The Morgan fingerprint density at radius 1 is 0.963 bits per heavy atom. The fraction of sp³-hybridized carbons (Fsp3) is 0.227. The van der Waals surface area contributed by atoms with Gasteiger partial charge in [-0.2, -0.15) is 0 Å². The minimum Gasteiger partial charge on any atom is -0.361 e. The van der Waals surface area contributed by atoms with Gasteiger partial charge in [-0.1, -0.05) is 60.7 Å². The number of para-hydroxylation sites is 1. The lowest BCUT2D eigenvalue weighted by Crippen LogP contribution is -2.42. The van der Waals surface area contributed by atoms with Gasteiger partial charge in [-0.3, -0.25) is 14.4 Å². The molecular formula is C22H17NO4. The van der Waals surface area contributed by atoms with Gasteiger partial charge in [-0.25, -0.2) is 4.90 Å². The molecule has 2 bridgehead atoms. The first-order valence-corrected chi connectivity index (χ1v) is 8.99. The molecule has 0 saturated carbocycles. The summed E-state index contributed by atoms with van der Waals surface area (Å²) < 4.78 is 6.04. The number of hydrogen-bond acceptors (Lipinski definition) is 4. The van der Waals surface area contributed by atoms with Crippen LogP contribution >= 0.6 is 0 Å². The van der Waals surface area contributed by atoms with Crippen LogP contribution in [0.15, 0.2) is 72.8 Å². The first kappa shape index (κ1) is 16.1. The Bertz CT molecular complexity index is 968. The number of hydrogen-bond donors (Lipinski definition) is 0. The van der Waals surface area contributed by atoms with Crippen LogP contribution in [0.5, 0.6) is 0 Å². The lowest BCUT2D eigenvalue weighted by molar-refractivity contribution is -0.126. The van der Waals surface area contributed by atoms with Gasteiger partial charge < -0.3 is 4.74 Å². The van der Waals surface area contributed by atoms with Gasteiger partial charge in [-0.15, -0.1) is 0 Å². The van der Waals surface area contributed by atoms with E-state index >= 15 is 0 Å². The molecule has 3 heterocycles. The topological polar surface area (TPSA) is 63.7 Å². The second-order valence-corrected chi connectivity index (χ2v) is 7.21. The Balaban J connectivity index is 1.49. The van der Waals surface area contributed by atoms with Crippen molar-refractivity contribution in [3.05, 3.63) is 78.4 Å². The van der Waals surface area contributed by atoms with E-state index in [9.17, 15) is 14.4 Å². The molecule has 3 aliphatic heterocycles. The largest absolute Gasteiger partial charge is 0.361 e. The van der Waals surface area contributed by atoms with Crippen molar-refractivity contribution in [3.63, 3.8) is 0 Å². The average Bonchev–Trinajstić information content (AvgIpc) is 3.33. The molecule has 4 unspecified atom stereocenters. The Morgan fingerprint density at radius 3 is 2.33 bits per heavy atom. The number of carbonyl (C=O) groups excluding carboxylic acids is 3. The molecule has 0 N–H and O–H groups in total. The molecule has 2 saturated heterocycles. The molecule has 27 heavy (non-hydrogen) atoms. The second kappa shape index (κ2) is 5.72. The number of benzene rings is 2. The van der Waals surface area contributed by atoms with Crippen LogP contribution in [0.4, 0.5) is 5.69 Å². The van der Waals surface area contributed by atoms with Crippen LogP contribution in [0, 0.1) is 11.8 Å². The van der Waals surface area contributed by atoms with Gasteiger partial charge in [0.05, 0.1) is 23.6 Å². The molecule has 134 valence electrons. The van der Waals surface area contributed by atoms with E-state index in [1.165, 1.54) is 4.90 Å². The maximum atomic E-state index is 13.2. The Kier molecular flexibility index (Phi) is 3.42. The zero-order valence-corrected chi connectivity index (χ0v) is 14.4. The SMILES string of the molecule is O=C(CC12C=CC(O1)C1C(=O)N(c3ccccc3)C(=O)C12)c1ccccc1. The molecule has 2 aromatic carbocycles. The Morgan fingerprint density at radius 2 is 1.63 bits per heavy atom. The van der Waals surface area contributed by atoms with E-state index in [2.05, 4.69) is 0 Å². The summed E-state index contributed by atoms with van der Waals surface area (Å²) in [6, 6.07) is 17.9. The van der Waals surface area contributed by atoms with Gasteiger partial charge in [0.1, 0.15) is 5.60 Å². The number of ketones is 1. The molecule has 0 aliphatic carbocycles. The first-order chi connectivity index (χ1) is 13.1. The van der Waals surface area contributed by atoms with Gasteiger partial charge in [0, 0.05) is 12.0 Å². The third-order valence-corrected chi connectivity index (χ3v) is 5.70. The standard InChI is InChI=1S/C22H17NO4/c24-16(14-7-3-1-4-8-14)13-22-12-11-17(27-22)18-19(22)21(26)23(20(18)25)15-9-5-2-6-10-15/h1-12,17-19H,13H2. The van der Waals surface area contributed by atoms with Crippen molar-refractivity contribution in [1.82, 2.24) is 0 Å². The maximum absolute atomic E-state index is 13.2. The smallest absolute Gasteiger partial charge is 0.241 e. The van der Waals surface area contributed by atoms with Crippen molar-refractivity contribution in [1.29, 1.82) is 0 Å². The van der Waals surface area contributed by atoms with Gasteiger partial charge in [0.25, 0.3) is 0 Å². The molecule has 0 aromatic heterocycles. The number of rotatable bonds is 4. The highest BCUT2D eigenvalue weighted by Crippen LogP contribution is 2.54. The van der Waals surface area contributed by atoms with E-state index in [4.69, 9.17) is 4.74 Å². The lowest BCUT2D eigenvalue weighted by atomic mass is 9.74. The molecule has 2 aromatic rings. The van der Waals surface area contributed by atoms with E-state index in [-0.39, 0.29) is 24.0 Å². The maximum Gasteiger partial charge on any atom is 0.241 e. The van der Waals surface area contributed by atoms with Crippen LogP contribution in [0.2, 0.25) is 0 Å². The van der Waals surface area contributed by atoms with Crippen molar-refractivity contribution in [3.8, 4) is 0 Å². The highest BCUT2D eigenvalue weighted by molar-refractivity contribution is 6.23. The summed E-state index contributed by atoms with van der Waals surface area (Å²) in [5.74, 6) is -1.86. The van der Waals surface area contributed by atoms with Crippen molar-refractivity contribution < 1.29 is 19.1 Å². The molecule has 5 heteroatoms. The van der Waals surface area contributed by atoms with E-state index in [0.717, 1.165) is 0 Å². The highest BCUT2D eigenvalue weighted by atomic mass is 16.5. The number of nitrogens with zero attached hydrogens (tertiary/aromatic N) is 1. The number of amides is 2. The number of anilines is 1. The van der Waals surface area contributed by atoms with E-state index < -0.39 is 23.5 Å². The van der Waals surface area contributed by atoms with Crippen LogP contribution < -0.4 is 4.90 Å². The van der Waals surface area contributed by atoms with Crippen LogP contribution in [0.1, 0.15) is 16.8 Å². The molecule has 0 radical (unpaired) electrons. The predicted molar refractivity (Wildman–Crippen MR) is 98.0 cm³/mol. The minimum absolute atomic E-state index is 0.0484. The second-order valence-electron chi connectivity index (χ2n) is 7.21. The van der Waals surface area contributed by atoms with Gasteiger partial charge in [0.2, 0.25) is 11.8 Å². The Hall–Kier alpha value is -3.05. The predicted octanol–water partition coefficient (Wildman–Crippen LogP) is 2.77. The van der Waals surface area contributed by atoms with E-state index in [1.54, 1.807) is 54.6 Å². The van der Waals surface area contributed by atoms with E-state index in [1.807, 2.05) is 18.2 Å². The van der Waals surface area contributed by atoms with Crippen molar-refractivity contribution in [2.45, 2.75) is 18.1 Å². The summed E-state index contributed by atoms with van der Waals surface area (Å²) in [4.78, 5) is 40.2. The minimum atomic E-state index is -1.04. The quantitative estimate of drug-likeness (QED) is 0.478. The van der Waals surface area contributed by atoms with Crippen molar-refractivity contribution in [2.75, 3.05) is 4.90 Å². The number of imide groups is 1. The zero-order chi connectivity index (χ0) is 18.6. The molecule has 3 aliphatic rings. The number of fused-ring (bicyclic) bond motifs is 5. The molecule has 2 fully saturated rings. The summed E-state index contributed by atoms with van der Waals surface area (Å²) >= 11 is 0. The summed E-state index contributed by atoms with van der Waals surface area (Å²) in [5.41, 5.74) is 0.0942. The highest BCUT2D eigenvalue weighted by Gasteiger charge is 2.68. The van der Waals surface area contributed by atoms with Crippen molar-refractivity contribution in [2.24, 2.45) is 11.8 Å². The molecule has 2 amide bonds. The number of Topliss-reactive ketones (excluding diaryl/α,β-unsaturated/α-hetero) is 1. The zero-order valence-electron chi connectivity index (χ0n) is 14.4. The normalized spacial score (nSPS) is 30.8. The monoisotopic (exact) mass is 359 g/mol. The van der Waals surface area contributed by atoms with Crippen LogP contribution in [-0.2, 0) is 14.3 Å². The van der Waals surface area contributed by atoms with Gasteiger partial charge in [0.15, 0.2) is 5.78 Å². The van der Waals surface area contributed by atoms with E-state index in [0.29, 0.717) is 11.3 Å². The summed E-state index contributed by atoms with van der Waals surface area (Å²) in [6.07, 6.45) is 3.22. The molecule has 5 nitrogen and oxygen atoms in total.